The number of halogens is 2. The molecule has 21 heavy (non-hydrogen) atoms. The third-order valence-corrected chi connectivity index (χ3v) is 3.94. The molecule has 0 aliphatic rings. The zero-order valence-electron chi connectivity index (χ0n) is 11.9. The highest BCUT2D eigenvalue weighted by atomic mass is 79.9. The van der Waals surface area contributed by atoms with Gasteiger partial charge in [-0.3, -0.25) is 0 Å². The summed E-state index contributed by atoms with van der Waals surface area (Å²) >= 11 is 9.59. The van der Waals surface area contributed by atoms with Crippen LogP contribution in [0.25, 0.3) is 0 Å². The molecule has 0 N–H and O–H groups in total. The van der Waals surface area contributed by atoms with E-state index < -0.39 is 0 Å². The lowest BCUT2D eigenvalue weighted by Gasteiger charge is -2.12. The van der Waals surface area contributed by atoms with Crippen molar-refractivity contribution >= 4 is 27.5 Å². The second-order valence-electron chi connectivity index (χ2n) is 4.38. The molecule has 2 aromatic rings. The SMILES string of the molecule is COc1ccc(COc2ccc(CBr)cc2Cl)cc1OC. The highest BCUT2D eigenvalue weighted by molar-refractivity contribution is 9.08. The maximum absolute atomic E-state index is 6.19. The number of rotatable bonds is 6. The lowest BCUT2D eigenvalue weighted by Crippen LogP contribution is -1.98. The average molecular weight is 372 g/mol. The number of benzene rings is 2. The van der Waals surface area contributed by atoms with Gasteiger partial charge in [-0.25, -0.2) is 0 Å². The molecule has 0 amide bonds. The van der Waals surface area contributed by atoms with Crippen LogP contribution in [-0.2, 0) is 11.9 Å². The standard InChI is InChI=1S/C16H16BrClO3/c1-19-15-6-4-12(8-16(15)20-2)10-21-14-5-3-11(9-17)7-13(14)18/h3-8H,9-10H2,1-2H3. The minimum Gasteiger partial charge on any atom is -0.493 e. The lowest BCUT2D eigenvalue weighted by molar-refractivity contribution is 0.304. The number of hydrogen-bond donors (Lipinski definition) is 0. The van der Waals surface area contributed by atoms with Crippen LogP contribution in [0.1, 0.15) is 11.1 Å². The summed E-state index contributed by atoms with van der Waals surface area (Å²) in [5.74, 6) is 2.04. The van der Waals surface area contributed by atoms with Gasteiger partial charge in [0.25, 0.3) is 0 Å². The quantitative estimate of drug-likeness (QED) is 0.681. The molecule has 0 saturated carbocycles. The number of hydrogen-bond acceptors (Lipinski definition) is 3. The maximum atomic E-state index is 6.19. The van der Waals surface area contributed by atoms with Gasteiger partial charge in [-0.1, -0.05) is 39.7 Å². The number of methoxy groups -OCH3 is 2. The van der Waals surface area contributed by atoms with Crippen LogP contribution in [-0.4, -0.2) is 14.2 Å². The van der Waals surface area contributed by atoms with E-state index in [9.17, 15) is 0 Å². The van der Waals surface area contributed by atoms with Gasteiger partial charge in [-0.15, -0.1) is 0 Å². The van der Waals surface area contributed by atoms with E-state index in [1.165, 1.54) is 0 Å². The zero-order chi connectivity index (χ0) is 15.2. The zero-order valence-corrected chi connectivity index (χ0v) is 14.2. The van der Waals surface area contributed by atoms with E-state index in [2.05, 4.69) is 15.9 Å². The molecule has 0 saturated heterocycles. The van der Waals surface area contributed by atoms with Gasteiger partial charge in [0.2, 0.25) is 0 Å². The first-order valence-corrected chi connectivity index (χ1v) is 7.86. The van der Waals surface area contributed by atoms with Crippen molar-refractivity contribution in [3.63, 3.8) is 0 Å². The monoisotopic (exact) mass is 370 g/mol. The molecular formula is C16H16BrClO3. The largest absolute Gasteiger partial charge is 0.493 e. The molecule has 112 valence electrons. The summed E-state index contributed by atoms with van der Waals surface area (Å²) in [6.07, 6.45) is 0. The third-order valence-electron chi connectivity index (χ3n) is 2.99. The highest BCUT2D eigenvalue weighted by Gasteiger charge is 2.07. The van der Waals surface area contributed by atoms with Crippen molar-refractivity contribution in [1.29, 1.82) is 0 Å². The lowest BCUT2D eigenvalue weighted by atomic mass is 10.2. The number of ether oxygens (including phenoxy) is 3. The Morgan fingerprint density at radius 3 is 2.19 bits per heavy atom. The van der Waals surface area contributed by atoms with Crippen molar-refractivity contribution in [2.45, 2.75) is 11.9 Å². The van der Waals surface area contributed by atoms with Gasteiger partial charge in [0.15, 0.2) is 11.5 Å². The fourth-order valence-corrected chi connectivity index (χ4v) is 2.48. The van der Waals surface area contributed by atoms with E-state index in [-0.39, 0.29) is 0 Å². The third kappa shape index (κ3) is 4.05. The van der Waals surface area contributed by atoms with Gasteiger partial charge < -0.3 is 14.2 Å². The molecule has 2 rings (SSSR count). The summed E-state index contributed by atoms with van der Waals surface area (Å²) in [7, 11) is 3.22. The van der Waals surface area contributed by atoms with Crippen LogP contribution in [0.3, 0.4) is 0 Å². The summed E-state index contributed by atoms with van der Waals surface area (Å²) in [6, 6.07) is 11.4. The number of alkyl halides is 1. The van der Waals surface area contributed by atoms with E-state index >= 15 is 0 Å². The van der Waals surface area contributed by atoms with Gasteiger partial charge in [-0.05, 0) is 35.4 Å². The summed E-state index contributed by atoms with van der Waals surface area (Å²) in [5.41, 5.74) is 2.09. The van der Waals surface area contributed by atoms with Crippen LogP contribution < -0.4 is 14.2 Å². The molecule has 0 fully saturated rings. The minimum absolute atomic E-state index is 0.410. The molecule has 0 radical (unpaired) electrons. The Labute approximate surface area is 137 Å². The van der Waals surface area contributed by atoms with Crippen LogP contribution in [0, 0.1) is 0 Å². The Morgan fingerprint density at radius 2 is 1.57 bits per heavy atom. The molecule has 0 heterocycles. The molecule has 0 atom stereocenters. The van der Waals surface area contributed by atoms with E-state index in [0.717, 1.165) is 16.5 Å². The van der Waals surface area contributed by atoms with Crippen LogP contribution in [0.5, 0.6) is 17.2 Å². The van der Waals surface area contributed by atoms with Crippen LogP contribution in [0.4, 0.5) is 0 Å². The molecule has 3 nitrogen and oxygen atoms in total. The molecule has 0 aliphatic carbocycles. The van der Waals surface area contributed by atoms with E-state index in [4.69, 9.17) is 25.8 Å². The fourth-order valence-electron chi connectivity index (χ4n) is 1.88. The Bertz CT molecular complexity index is 616. The molecule has 0 bridgehead atoms. The second kappa shape index (κ2) is 7.57. The van der Waals surface area contributed by atoms with E-state index in [1.54, 1.807) is 14.2 Å². The Kier molecular flexibility index (Phi) is 5.76. The first kappa shape index (κ1) is 16.0. The van der Waals surface area contributed by atoms with Gasteiger partial charge >= 0.3 is 0 Å². The molecule has 0 aromatic heterocycles. The van der Waals surface area contributed by atoms with Gasteiger partial charge in [-0.2, -0.15) is 0 Å². The highest BCUT2D eigenvalue weighted by Crippen LogP contribution is 2.30. The summed E-state index contributed by atoms with van der Waals surface area (Å²) in [5, 5.41) is 1.37. The van der Waals surface area contributed by atoms with E-state index in [1.807, 2.05) is 36.4 Å². The van der Waals surface area contributed by atoms with Crippen LogP contribution >= 0.6 is 27.5 Å². The van der Waals surface area contributed by atoms with Crippen LogP contribution in [0.2, 0.25) is 5.02 Å². The Hall–Kier alpha value is -1.39. The molecular weight excluding hydrogens is 356 g/mol. The predicted octanol–water partition coefficient (Wildman–Crippen LogP) is 4.83. The Balaban J connectivity index is 2.09. The van der Waals surface area contributed by atoms with Gasteiger partial charge in [0.05, 0.1) is 19.2 Å². The summed E-state index contributed by atoms with van der Waals surface area (Å²) < 4.78 is 16.2. The van der Waals surface area contributed by atoms with Gasteiger partial charge in [0.1, 0.15) is 12.4 Å². The average Bonchev–Trinajstić information content (AvgIpc) is 2.53. The molecule has 0 aliphatic heterocycles. The van der Waals surface area contributed by atoms with Crippen molar-refractivity contribution in [3.8, 4) is 17.2 Å². The second-order valence-corrected chi connectivity index (χ2v) is 5.34. The maximum Gasteiger partial charge on any atom is 0.161 e. The van der Waals surface area contributed by atoms with Gasteiger partial charge in [0, 0.05) is 5.33 Å². The molecule has 0 unspecified atom stereocenters. The molecule has 0 spiro atoms. The first-order chi connectivity index (χ1) is 10.2. The predicted molar refractivity (Wildman–Crippen MR) is 88.0 cm³/mol. The van der Waals surface area contributed by atoms with Crippen molar-refractivity contribution in [1.82, 2.24) is 0 Å². The first-order valence-electron chi connectivity index (χ1n) is 6.36. The topological polar surface area (TPSA) is 27.7 Å². The van der Waals surface area contributed by atoms with Crippen molar-refractivity contribution in [2.75, 3.05) is 14.2 Å². The minimum atomic E-state index is 0.410. The van der Waals surface area contributed by atoms with Crippen molar-refractivity contribution in [2.24, 2.45) is 0 Å². The smallest absolute Gasteiger partial charge is 0.161 e. The summed E-state index contributed by atoms with van der Waals surface area (Å²) in [6.45, 7) is 0.410. The Morgan fingerprint density at radius 1 is 0.905 bits per heavy atom. The summed E-state index contributed by atoms with van der Waals surface area (Å²) in [4.78, 5) is 0. The normalized spacial score (nSPS) is 10.3. The van der Waals surface area contributed by atoms with Crippen molar-refractivity contribution < 1.29 is 14.2 Å². The van der Waals surface area contributed by atoms with Crippen LogP contribution in [0.15, 0.2) is 36.4 Å². The molecule has 2 aromatic carbocycles. The van der Waals surface area contributed by atoms with Crippen molar-refractivity contribution in [3.05, 3.63) is 52.5 Å². The fraction of sp³-hybridized carbons (Fsp3) is 0.250. The van der Waals surface area contributed by atoms with E-state index in [0.29, 0.717) is 28.9 Å². The molecule has 5 heteroatoms.